The molecule has 3 heterocycles. The zero-order valence-electron chi connectivity index (χ0n) is 22.4. The topological polar surface area (TPSA) is 85.9 Å². The average molecular weight is 597 g/mol. The molecule has 13 heteroatoms. The number of aryl methyl sites for hydroxylation is 2. The van der Waals surface area contributed by atoms with Crippen LogP contribution in [0.4, 0.5) is 17.6 Å². The minimum absolute atomic E-state index is 0.0793. The predicted octanol–water partition coefficient (Wildman–Crippen LogP) is 4.98. The van der Waals surface area contributed by atoms with E-state index in [1.807, 2.05) is 19.1 Å². The van der Waals surface area contributed by atoms with Gasteiger partial charge in [0.2, 0.25) is 5.03 Å². The molecule has 1 aliphatic carbocycles. The van der Waals surface area contributed by atoms with E-state index in [0.717, 1.165) is 28.1 Å². The van der Waals surface area contributed by atoms with E-state index in [1.165, 1.54) is 46.6 Å². The van der Waals surface area contributed by atoms with Gasteiger partial charge >= 0.3 is 6.18 Å². The van der Waals surface area contributed by atoms with Gasteiger partial charge < -0.3 is 0 Å². The third-order valence-electron chi connectivity index (χ3n) is 8.59. The average Bonchev–Trinajstić information content (AvgIpc) is 3.36. The number of halogens is 4. The number of hydrogen-bond acceptors (Lipinski definition) is 5. The van der Waals surface area contributed by atoms with E-state index in [2.05, 4.69) is 15.3 Å². The number of hydrogen-bond donors (Lipinski definition) is 0. The van der Waals surface area contributed by atoms with E-state index in [0.29, 0.717) is 11.3 Å². The number of fused-ring (bicyclic) bond motifs is 2. The molecule has 8 nitrogen and oxygen atoms in total. The fourth-order valence-corrected chi connectivity index (χ4v) is 8.10. The Morgan fingerprint density at radius 2 is 1.76 bits per heavy atom. The van der Waals surface area contributed by atoms with Gasteiger partial charge in [0.05, 0.1) is 29.2 Å². The number of nitrogens with zero attached hydrogens (tertiary/aromatic N) is 6. The molecule has 2 fully saturated rings. The molecule has 0 N–H and O–H groups in total. The minimum Gasteiger partial charge on any atom is -0.233 e. The summed E-state index contributed by atoms with van der Waals surface area (Å²) in [6.45, 7) is 2.12. The summed E-state index contributed by atoms with van der Waals surface area (Å²) < 4.78 is 84.5. The first-order valence-electron chi connectivity index (χ1n) is 13.2. The van der Waals surface area contributed by atoms with E-state index >= 15 is 0 Å². The summed E-state index contributed by atoms with van der Waals surface area (Å²) in [4.78, 5) is 1.17. The third kappa shape index (κ3) is 3.97. The molecule has 216 valence electrons. The van der Waals surface area contributed by atoms with Crippen LogP contribution in [0.2, 0.25) is 0 Å². The van der Waals surface area contributed by atoms with Crippen molar-refractivity contribution in [1.82, 2.24) is 29.1 Å². The van der Waals surface area contributed by atoms with Crippen molar-refractivity contribution in [3.63, 3.8) is 0 Å². The summed E-state index contributed by atoms with van der Waals surface area (Å²) in [5.41, 5.74) is 2.18. The molecule has 2 aliphatic rings. The first-order valence-corrected chi connectivity index (χ1v) is 14.6. The Bertz CT molecular complexity index is 1970. The van der Waals surface area contributed by atoms with Crippen molar-refractivity contribution in [2.45, 2.75) is 29.5 Å². The maximum atomic E-state index is 13.6. The second-order valence-electron chi connectivity index (χ2n) is 11.0. The van der Waals surface area contributed by atoms with Gasteiger partial charge in [-0.25, -0.2) is 17.5 Å². The Kier molecular flexibility index (Phi) is 5.71. The van der Waals surface area contributed by atoms with Crippen molar-refractivity contribution >= 4 is 20.9 Å². The summed E-state index contributed by atoms with van der Waals surface area (Å²) >= 11 is 0. The fourth-order valence-electron chi connectivity index (χ4n) is 6.70. The van der Waals surface area contributed by atoms with Crippen molar-refractivity contribution in [2.24, 2.45) is 13.0 Å². The molecular formula is C29H24F4N6O2S. The predicted molar refractivity (Wildman–Crippen MR) is 145 cm³/mol. The van der Waals surface area contributed by atoms with E-state index < -0.39 is 27.2 Å². The number of sulfonamides is 1. The van der Waals surface area contributed by atoms with E-state index in [-0.39, 0.29) is 35.8 Å². The van der Waals surface area contributed by atoms with Gasteiger partial charge in [0.15, 0.2) is 0 Å². The highest BCUT2D eigenvalue weighted by Crippen LogP contribution is 2.70. The van der Waals surface area contributed by atoms with E-state index in [4.69, 9.17) is 0 Å². The fraction of sp³-hybridized carbons (Fsp3) is 0.276. The van der Waals surface area contributed by atoms with Crippen LogP contribution in [0.15, 0.2) is 78.1 Å². The third-order valence-corrected chi connectivity index (χ3v) is 10.3. The lowest BCUT2D eigenvalue weighted by atomic mass is 9.86. The summed E-state index contributed by atoms with van der Waals surface area (Å²) in [6.07, 6.45) is -1.63. The highest BCUT2D eigenvalue weighted by Gasteiger charge is 2.71. The SMILES string of the molecule is Cc1cc2c(cnn2-c2ccc(F)cc2)cc1[C@]12CN(S(=O)(=O)c3cnn(C)n3)C[C@H]1[C@@H]2c1cccc(C(F)(F)F)c1. The van der Waals surface area contributed by atoms with Gasteiger partial charge in [-0.05, 0) is 72.0 Å². The Morgan fingerprint density at radius 1 is 1.00 bits per heavy atom. The standard InChI is InChI=1S/C29H24F4N6O2S/c1-17-10-25-19(13-35-39(25)22-8-6-21(30)7-9-22)12-23(17)28-16-38(42(40,41)26-14-34-37(2)36-26)15-24(28)27(28)18-4-3-5-20(11-18)29(31,32)33/h3-14,24,27H,15-16H2,1-2H3/t24-,27-,28+/m0/s1. The van der Waals surface area contributed by atoms with E-state index in [1.54, 1.807) is 29.1 Å². The second-order valence-corrected chi connectivity index (χ2v) is 12.9. The monoisotopic (exact) mass is 596 g/mol. The summed E-state index contributed by atoms with van der Waals surface area (Å²) in [5.74, 6) is -0.942. The molecule has 0 radical (unpaired) electrons. The van der Waals surface area contributed by atoms with Crippen LogP contribution < -0.4 is 0 Å². The van der Waals surface area contributed by atoms with Gasteiger partial charge in [-0.2, -0.15) is 32.5 Å². The summed E-state index contributed by atoms with van der Waals surface area (Å²) in [5, 5.41) is 13.0. The quantitative estimate of drug-likeness (QED) is 0.268. The Morgan fingerprint density at radius 3 is 2.45 bits per heavy atom. The smallest absolute Gasteiger partial charge is 0.233 e. The van der Waals surface area contributed by atoms with Gasteiger partial charge in [0.1, 0.15) is 5.82 Å². The first-order chi connectivity index (χ1) is 19.9. The van der Waals surface area contributed by atoms with Gasteiger partial charge in [-0.15, -0.1) is 5.10 Å². The highest BCUT2D eigenvalue weighted by molar-refractivity contribution is 7.89. The number of benzene rings is 3. The van der Waals surface area contributed by atoms with Crippen LogP contribution in [0, 0.1) is 18.7 Å². The van der Waals surface area contributed by atoms with Crippen molar-refractivity contribution < 1.29 is 26.0 Å². The lowest BCUT2D eigenvalue weighted by molar-refractivity contribution is -0.137. The molecule has 0 amide bonds. The van der Waals surface area contributed by atoms with Crippen LogP contribution in [0.1, 0.15) is 28.2 Å². The maximum Gasteiger partial charge on any atom is 0.416 e. The molecule has 42 heavy (non-hydrogen) atoms. The first kappa shape index (κ1) is 26.8. The van der Waals surface area contributed by atoms with E-state index in [9.17, 15) is 26.0 Å². The van der Waals surface area contributed by atoms with Crippen LogP contribution >= 0.6 is 0 Å². The van der Waals surface area contributed by atoms with Crippen LogP contribution in [0.5, 0.6) is 0 Å². The molecule has 0 unspecified atom stereocenters. The molecule has 3 atom stereocenters. The summed E-state index contributed by atoms with van der Waals surface area (Å²) in [7, 11) is -2.46. The highest BCUT2D eigenvalue weighted by atomic mass is 32.2. The van der Waals surface area contributed by atoms with Gasteiger partial charge in [0.25, 0.3) is 10.0 Å². The molecule has 2 aromatic heterocycles. The zero-order valence-corrected chi connectivity index (χ0v) is 23.2. The van der Waals surface area contributed by atoms with Crippen molar-refractivity contribution in [1.29, 1.82) is 0 Å². The maximum absolute atomic E-state index is 13.6. The Labute approximate surface area is 238 Å². The molecule has 0 bridgehead atoms. The number of rotatable bonds is 5. The zero-order chi connectivity index (χ0) is 29.6. The van der Waals surface area contributed by atoms with Crippen LogP contribution in [-0.2, 0) is 28.7 Å². The van der Waals surface area contributed by atoms with Crippen LogP contribution in [0.25, 0.3) is 16.6 Å². The normalized spacial score (nSPS) is 22.5. The molecule has 1 aliphatic heterocycles. The Hall–Kier alpha value is -4.10. The number of piperidine rings is 1. The van der Waals surface area contributed by atoms with Crippen molar-refractivity contribution in [2.75, 3.05) is 13.1 Å². The molecule has 1 saturated heterocycles. The lowest BCUT2D eigenvalue weighted by Crippen LogP contribution is -2.35. The van der Waals surface area contributed by atoms with Crippen molar-refractivity contribution in [3.05, 3.63) is 101 Å². The molecule has 1 saturated carbocycles. The number of aromatic nitrogens is 5. The molecular weight excluding hydrogens is 572 g/mol. The van der Waals surface area contributed by atoms with Gasteiger partial charge in [-0.1, -0.05) is 18.2 Å². The largest absolute Gasteiger partial charge is 0.416 e. The molecule has 7 rings (SSSR count). The Balaban J connectivity index is 1.34. The molecule has 0 spiro atoms. The van der Waals surface area contributed by atoms with Gasteiger partial charge in [-0.3, -0.25) is 0 Å². The van der Waals surface area contributed by atoms with Crippen molar-refractivity contribution in [3.8, 4) is 5.69 Å². The second kappa shape index (κ2) is 8.95. The minimum atomic E-state index is -4.50. The summed E-state index contributed by atoms with van der Waals surface area (Å²) in [6, 6.07) is 15.1. The molecule has 5 aromatic rings. The van der Waals surface area contributed by atoms with Crippen LogP contribution in [-0.4, -0.2) is 50.6 Å². The number of alkyl halides is 3. The lowest BCUT2D eigenvalue weighted by Gasteiger charge is -2.25. The van der Waals surface area contributed by atoms with Gasteiger partial charge in [0, 0.05) is 36.9 Å². The van der Waals surface area contributed by atoms with Crippen LogP contribution in [0.3, 0.4) is 0 Å². The molecule has 3 aromatic carbocycles.